The van der Waals surface area contributed by atoms with Gasteiger partial charge < -0.3 is 30.3 Å². The van der Waals surface area contributed by atoms with Crippen LogP contribution in [0.1, 0.15) is 18.1 Å². The van der Waals surface area contributed by atoms with E-state index >= 15 is 0 Å². The zero-order valence-electron chi connectivity index (χ0n) is 14.3. The van der Waals surface area contributed by atoms with Crippen molar-refractivity contribution < 1.29 is 47.5 Å². The fourth-order valence-electron chi connectivity index (χ4n) is 2.45. The molecule has 6 N–H and O–H groups in total. The van der Waals surface area contributed by atoms with Crippen molar-refractivity contribution in [2.75, 3.05) is 6.61 Å². The summed E-state index contributed by atoms with van der Waals surface area (Å²) >= 11 is 0.597. The van der Waals surface area contributed by atoms with Crippen LogP contribution in [-0.4, -0.2) is 80.0 Å². The highest BCUT2D eigenvalue weighted by molar-refractivity contribution is 8.14. The number of aliphatic hydroxyl groups is 5. The highest BCUT2D eigenvalue weighted by Crippen LogP contribution is 2.32. The lowest BCUT2D eigenvalue weighted by molar-refractivity contribution is -0.205. The number of oxime groups is 1. The van der Waals surface area contributed by atoms with E-state index in [4.69, 9.17) is 9.29 Å². The summed E-state index contributed by atoms with van der Waals surface area (Å²) in [4.78, 5) is 0. The van der Waals surface area contributed by atoms with Crippen LogP contribution >= 0.6 is 11.8 Å². The first-order chi connectivity index (χ1) is 13.1. The van der Waals surface area contributed by atoms with Gasteiger partial charge in [0, 0.05) is 6.42 Å². The third-order valence-corrected chi connectivity index (χ3v) is 5.28. The standard InChI is InChI=1S/C15H21NO10S2/c17-7-10-12(19)13(20)14(21)15(25-10)27-11(16-26-28(22,23)24)6-9(18)8-4-2-1-3-5-8/h1-5,9-10,12-15,17-21H,6-7H2,(H,22,23,24)/b16-11-/t9-,10+,12+,13-,14+,15-/m0/s1. The smallest absolute Gasteiger partial charge is 0.394 e. The Hall–Kier alpha value is -1.29. The topological polar surface area (TPSA) is 186 Å². The first-order valence-corrected chi connectivity index (χ1v) is 10.3. The van der Waals surface area contributed by atoms with Gasteiger partial charge in [-0.3, -0.25) is 4.55 Å². The molecule has 0 bridgehead atoms. The van der Waals surface area contributed by atoms with Gasteiger partial charge >= 0.3 is 10.4 Å². The molecular weight excluding hydrogens is 418 g/mol. The zero-order chi connectivity index (χ0) is 20.9. The second kappa shape index (κ2) is 9.96. The van der Waals surface area contributed by atoms with Gasteiger partial charge in [-0.1, -0.05) is 47.2 Å². The van der Waals surface area contributed by atoms with Crippen molar-refractivity contribution in [1.29, 1.82) is 0 Å². The molecule has 28 heavy (non-hydrogen) atoms. The maximum absolute atomic E-state index is 10.8. The van der Waals surface area contributed by atoms with Crippen LogP contribution in [0, 0.1) is 0 Å². The summed E-state index contributed by atoms with van der Waals surface area (Å²) in [6.07, 6.45) is -7.43. The van der Waals surface area contributed by atoms with Crippen molar-refractivity contribution in [2.24, 2.45) is 5.16 Å². The van der Waals surface area contributed by atoms with Gasteiger partial charge in [0.05, 0.1) is 12.7 Å². The molecule has 2 rings (SSSR count). The summed E-state index contributed by atoms with van der Waals surface area (Å²) in [6.45, 7) is -0.650. The van der Waals surface area contributed by atoms with Crippen LogP contribution in [0.25, 0.3) is 0 Å². The van der Waals surface area contributed by atoms with Crippen LogP contribution in [0.4, 0.5) is 0 Å². The summed E-state index contributed by atoms with van der Waals surface area (Å²) in [7, 11) is -4.92. The Bertz CT molecular complexity index is 757. The number of rotatable bonds is 7. The lowest BCUT2D eigenvalue weighted by Gasteiger charge is -2.39. The number of hydrogen-bond donors (Lipinski definition) is 6. The summed E-state index contributed by atoms with van der Waals surface area (Å²) in [5.41, 5.74) is -0.793. The summed E-state index contributed by atoms with van der Waals surface area (Å²) < 4.78 is 39.6. The molecular formula is C15H21NO10S2. The molecule has 1 fully saturated rings. The van der Waals surface area contributed by atoms with E-state index in [1.165, 1.54) is 0 Å². The minimum Gasteiger partial charge on any atom is -0.394 e. The Morgan fingerprint density at radius 2 is 1.82 bits per heavy atom. The first-order valence-electron chi connectivity index (χ1n) is 8.05. The Labute approximate surface area is 165 Å². The fourth-order valence-corrected chi connectivity index (χ4v) is 3.79. The molecule has 1 aliphatic rings. The number of aliphatic hydroxyl groups excluding tert-OH is 5. The predicted molar refractivity (Wildman–Crippen MR) is 97.4 cm³/mol. The van der Waals surface area contributed by atoms with E-state index in [2.05, 4.69) is 9.44 Å². The van der Waals surface area contributed by atoms with E-state index in [9.17, 15) is 34.0 Å². The minimum absolute atomic E-state index is 0.196. The van der Waals surface area contributed by atoms with Gasteiger partial charge in [-0.05, 0) is 5.56 Å². The third-order valence-electron chi connectivity index (χ3n) is 3.89. The quantitative estimate of drug-likeness (QED) is 0.129. The zero-order valence-corrected chi connectivity index (χ0v) is 16.0. The molecule has 1 aromatic rings. The highest BCUT2D eigenvalue weighted by Gasteiger charge is 2.44. The van der Waals surface area contributed by atoms with Crippen molar-refractivity contribution in [3.63, 3.8) is 0 Å². The van der Waals surface area contributed by atoms with Gasteiger partial charge in [-0.25, -0.2) is 4.28 Å². The normalized spacial score (nSPS) is 30.1. The maximum Gasteiger partial charge on any atom is 0.466 e. The molecule has 0 amide bonds. The van der Waals surface area contributed by atoms with Gasteiger partial charge in [0.15, 0.2) is 0 Å². The molecule has 0 aromatic heterocycles. The average Bonchev–Trinajstić information content (AvgIpc) is 2.66. The molecule has 0 spiro atoms. The van der Waals surface area contributed by atoms with E-state index in [1.807, 2.05) is 0 Å². The minimum atomic E-state index is -4.92. The van der Waals surface area contributed by atoms with Crippen molar-refractivity contribution in [3.05, 3.63) is 35.9 Å². The summed E-state index contributed by atoms with van der Waals surface area (Å²) in [5.74, 6) is 0. The lowest BCUT2D eigenvalue weighted by Crippen LogP contribution is -2.57. The van der Waals surface area contributed by atoms with Crippen molar-refractivity contribution >= 4 is 27.2 Å². The number of thioether (sulfide) groups is 1. The molecule has 0 saturated carbocycles. The van der Waals surface area contributed by atoms with E-state index in [0.29, 0.717) is 17.3 Å². The fraction of sp³-hybridized carbons (Fsp3) is 0.533. The van der Waals surface area contributed by atoms with Crippen LogP contribution in [0.5, 0.6) is 0 Å². The van der Waals surface area contributed by atoms with Crippen LogP contribution in [0.2, 0.25) is 0 Å². The van der Waals surface area contributed by atoms with E-state index in [1.54, 1.807) is 30.3 Å². The molecule has 6 atom stereocenters. The van der Waals surface area contributed by atoms with Crippen molar-refractivity contribution in [3.8, 4) is 0 Å². The Morgan fingerprint density at radius 3 is 2.39 bits per heavy atom. The van der Waals surface area contributed by atoms with Gasteiger partial charge in [0.2, 0.25) is 0 Å². The van der Waals surface area contributed by atoms with Gasteiger partial charge in [0.1, 0.15) is 34.9 Å². The molecule has 0 unspecified atom stereocenters. The predicted octanol–water partition coefficient (Wildman–Crippen LogP) is -1.22. The van der Waals surface area contributed by atoms with E-state index in [0.717, 1.165) is 0 Å². The highest BCUT2D eigenvalue weighted by atomic mass is 32.3. The van der Waals surface area contributed by atoms with Crippen LogP contribution < -0.4 is 0 Å². The first kappa shape index (κ1) is 23.0. The summed E-state index contributed by atoms with van der Waals surface area (Å²) in [5, 5.41) is 52.3. The second-order valence-corrected chi connectivity index (χ2v) is 8.11. The Kier molecular flexibility index (Phi) is 8.18. The van der Waals surface area contributed by atoms with Crippen LogP contribution in [0.3, 0.4) is 0 Å². The van der Waals surface area contributed by atoms with Crippen molar-refractivity contribution in [1.82, 2.24) is 0 Å². The van der Waals surface area contributed by atoms with Gasteiger partial charge in [0.25, 0.3) is 0 Å². The second-order valence-electron chi connectivity index (χ2n) is 5.93. The monoisotopic (exact) mass is 439 g/mol. The molecule has 0 radical (unpaired) electrons. The Balaban J connectivity index is 2.19. The van der Waals surface area contributed by atoms with E-state index in [-0.39, 0.29) is 11.5 Å². The number of nitrogens with zero attached hydrogens (tertiary/aromatic N) is 1. The molecule has 1 aromatic carbocycles. The molecule has 0 aliphatic carbocycles. The van der Waals surface area contributed by atoms with E-state index < -0.39 is 53.0 Å². The van der Waals surface area contributed by atoms with Crippen molar-refractivity contribution in [2.45, 2.75) is 42.4 Å². The number of ether oxygens (including phenoxy) is 1. The molecule has 13 heteroatoms. The molecule has 11 nitrogen and oxygen atoms in total. The summed E-state index contributed by atoms with van der Waals surface area (Å²) in [6, 6.07) is 8.31. The Morgan fingerprint density at radius 1 is 1.18 bits per heavy atom. The largest absolute Gasteiger partial charge is 0.466 e. The van der Waals surface area contributed by atoms with Gasteiger partial charge in [-0.2, -0.15) is 8.42 Å². The molecule has 1 aliphatic heterocycles. The molecule has 158 valence electrons. The number of hydrogen-bond acceptors (Lipinski definition) is 11. The third kappa shape index (κ3) is 6.37. The molecule has 1 saturated heterocycles. The maximum atomic E-state index is 10.8. The average molecular weight is 439 g/mol. The van der Waals surface area contributed by atoms with Gasteiger partial charge in [-0.15, -0.1) is 0 Å². The van der Waals surface area contributed by atoms with Crippen LogP contribution in [-0.2, 0) is 19.4 Å². The lowest BCUT2D eigenvalue weighted by atomic mass is 10.0. The molecule has 1 heterocycles. The van der Waals surface area contributed by atoms with Crippen LogP contribution in [0.15, 0.2) is 35.5 Å². The SMILES string of the molecule is O=S(=O)(O)O/N=C(/C[C@H](O)c1ccccc1)S[C@@H]1O[C@H](CO)[C@@H](O)[C@H](O)[C@H]1O. The number of benzene rings is 1.